The quantitative estimate of drug-likeness (QED) is 0.667. The van der Waals surface area contributed by atoms with Gasteiger partial charge in [-0.15, -0.1) is 0 Å². The molecule has 0 fully saturated rings. The van der Waals surface area contributed by atoms with Gasteiger partial charge in [0.05, 0.1) is 0 Å². The van der Waals surface area contributed by atoms with Gasteiger partial charge in [0.1, 0.15) is 0 Å². The van der Waals surface area contributed by atoms with Crippen molar-refractivity contribution >= 4 is 5.97 Å². The van der Waals surface area contributed by atoms with Crippen LogP contribution in [0.4, 0.5) is 0 Å². The van der Waals surface area contributed by atoms with Crippen LogP contribution in [0, 0.1) is 6.92 Å². The van der Waals surface area contributed by atoms with Crippen molar-refractivity contribution in [2.45, 2.75) is 27.0 Å². The predicted octanol–water partition coefficient (Wildman–Crippen LogP) is 1.24. The summed E-state index contributed by atoms with van der Waals surface area (Å²) < 4.78 is 6.28. The third-order valence-corrected chi connectivity index (χ3v) is 1.81. The normalized spacial score (nSPS) is 12.2. The van der Waals surface area contributed by atoms with E-state index in [9.17, 15) is 9.59 Å². The second-order valence-electron chi connectivity index (χ2n) is 3.16. The minimum absolute atomic E-state index is 0.177. The van der Waals surface area contributed by atoms with Gasteiger partial charge < -0.3 is 4.74 Å². The molecule has 0 spiro atoms. The van der Waals surface area contributed by atoms with E-state index in [0.717, 1.165) is 5.56 Å². The molecular formula is C10H13NO3. The molecule has 0 N–H and O–H groups in total. The average molecular weight is 195 g/mol. The van der Waals surface area contributed by atoms with Gasteiger partial charge in [-0.1, -0.05) is 6.07 Å². The number of hydrogen-bond acceptors (Lipinski definition) is 3. The third kappa shape index (κ3) is 2.45. The predicted molar refractivity (Wildman–Crippen MR) is 51.9 cm³/mol. The highest BCUT2D eigenvalue weighted by molar-refractivity contribution is 5.65. The minimum atomic E-state index is -0.556. The van der Waals surface area contributed by atoms with Crippen molar-refractivity contribution in [3.63, 3.8) is 0 Å². The number of aryl methyl sites for hydroxylation is 1. The van der Waals surface area contributed by atoms with Crippen molar-refractivity contribution in [3.05, 3.63) is 34.2 Å². The van der Waals surface area contributed by atoms with Crippen molar-refractivity contribution in [2.75, 3.05) is 0 Å². The summed E-state index contributed by atoms with van der Waals surface area (Å²) in [5.41, 5.74) is 0.771. The van der Waals surface area contributed by atoms with Crippen LogP contribution in [0.2, 0.25) is 0 Å². The van der Waals surface area contributed by atoms with Crippen LogP contribution in [0.25, 0.3) is 0 Å². The van der Waals surface area contributed by atoms with Crippen LogP contribution >= 0.6 is 0 Å². The first-order chi connectivity index (χ1) is 6.50. The Morgan fingerprint density at radius 3 is 2.71 bits per heavy atom. The molecule has 0 aliphatic rings. The molecular weight excluding hydrogens is 182 g/mol. The van der Waals surface area contributed by atoms with E-state index in [1.54, 1.807) is 19.2 Å². The highest BCUT2D eigenvalue weighted by Crippen LogP contribution is 2.05. The Balaban J connectivity index is 2.99. The van der Waals surface area contributed by atoms with Crippen molar-refractivity contribution in [3.8, 4) is 0 Å². The maximum atomic E-state index is 11.4. The van der Waals surface area contributed by atoms with Crippen LogP contribution in [0.1, 0.15) is 25.6 Å². The molecule has 0 radical (unpaired) electrons. The minimum Gasteiger partial charge on any atom is -0.442 e. The zero-order valence-electron chi connectivity index (χ0n) is 8.48. The average Bonchev–Trinajstić information content (AvgIpc) is 2.08. The molecule has 0 saturated heterocycles. The molecule has 1 atom stereocenters. The Bertz CT molecular complexity index is 395. The lowest BCUT2D eigenvalue weighted by atomic mass is 10.3. The Morgan fingerprint density at radius 1 is 1.50 bits per heavy atom. The van der Waals surface area contributed by atoms with Crippen LogP contribution in [0.3, 0.4) is 0 Å². The van der Waals surface area contributed by atoms with Crippen molar-refractivity contribution in [1.82, 2.24) is 4.57 Å². The van der Waals surface area contributed by atoms with E-state index < -0.39 is 12.2 Å². The molecule has 0 saturated carbocycles. The first kappa shape index (κ1) is 10.5. The summed E-state index contributed by atoms with van der Waals surface area (Å²) in [6.07, 6.45) is 1.11. The number of carbonyl (C=O) groups is 1. The van der Waals surface area contributed by atoms with Crippen LogP contribution in [0.15, 0.2) is 23.1 Å². The van der Waals surface area contributed by atoms with Gasteiger partial charge in [0.2, 0.25) is 0 Å². The lowest BCUT2D eigenvalue weighted by Gasteiger charge is -2.14. The molecule has 1 aromatic heterocycles. The smallest absolute Gasteiger partial charge is 0.304 e. The number of aromatic nitrogens is 1. The van der Waals surface area contributed by atoms with Gasteiger partial charge in [0.15, 0.2) is 6.23 Å². The number of rotatable bonds is 2. The van der Waals surface area contributed by atoms with Crippen LogP contribution < -0.4 is 5.56 Å². The number of pyridine rings is 1. The zero-order chi connectivity index (χ0) is 10.7. The molecule has 0 amide bonds. The summed E-state index contributed by atoms with van der Waals surface area (Å²) in [6.45, 7) is 4.84. The molecule has 4 heteroatoms. The molecule has 1 heterocycles. The second-order valence-corrected chi connectivity index (χ2v) is 3.16. The van der Waals surface area contributed by atoms with Crippen molar-refractivity contribution < 1.29 is 9.53 Å². The van der Waals surface area contributed by atoms with E-state index in [4.69, 9.17) is 4.74 Å². The van der Waals surface area contributed by atoms with E-state index in [-0.39, 0.29) is 5.56 Å². The molecule has 14 heavy (non-hydrogen) atoms. The van der Waals surface area contributed by atoms with Gasteiger partial charge in [-0.05, 0) is 19.4 Å². The fraction of sp³-hybridized carbons (Fsp3) is 0.400. The number of nitrogens with zero attached hydrogens (tertiary/aromatic N) is 1. The van der Waals surface area contributed by atoms with Gasteiger partial charge in [-0.3, -0.25) is 14.2 Å². The Kier molecular flexibility index (Phi) is 3.06. The maximum Gasteiger partial charge on any atom is 0.304 e. The summed E-state index contributed by atoms with van der Waals surface area (Å²) >= 11 is 0. The van der Waals surface area contributed by atoms with E-state index in [0.29, 0.717) is 0 Å². The summed E-state index contributed by atoms with van der Waals surface area (Å²) in [6, 6.07) is 3.18. The van der Waals surface area contributed by atoms with Gasteiger partial charge >= 0.3 is 5.97 Å². The fourth-order valence-corrected chi connectivity index (χ4v) is 1.20. The molecule has 1 aromatic rings. The first-order valence-corrected chi connectivity index (χ1v) is 4.36. The summed E-state index contributed by atoms with van der Waals surface area (Å²) in [5, 5.41) is 0. The standard InChI is InChI=1S/C10H13NO3/c1-7-4-5-10(13)11(6-7)8(2)14-9(3)12/h4-6,8H,1-3H3. The molecule has 0 bridgehead atoms. The van der Waals surface area contributed by atoms with E-state index in [1.807, 2.05) is 6.92 Å². The van der Waals surface area contributed by atoms with Gasteiger partial charge in [0, 0.05) is 19.2 Å². The largest absolute Gasteiger partial charge is 0.442 e. The molecule has 1 unspecified atom stereocenters. The highest BCUT2D eigenvalue weighted by Gasteiger charge is 2.08. The summed E-state index contributed by atoms with van der Waals surface area (Å²) in [7, 11) is 0. The lowest BCUT2D eigenvalue weighted by Crippen LogP contribution is -2.24. The number of ether oxygens (including phenoxy) is 1. The number of hydrogen-bond donors (Lipinski definition) is 0. The Hall–Kier alpha value is -1.58. The molecule has 1 rings (SSSR count). The fourth-order valence-electron chi connectivity index (χ4n) is 1.20. The zero-order valence-corrected chi connectivity index (χ0v) is 8.48. The Labute approximate surface area is 82.1 Å². The molecule has 76 valence electrons. The SMILES string of the molecule is CC(=O)OC(C)n1cc(C)ccc1=O. The van der Waals surface area contributed by atoms with Crippen molar-refractivity contribution in [1.29, 1.82) is 0 Å². The van der Waals surface area contributed by atoms with Crippen LogP contribution in [-0.4, -0.2) is 10.5 Å². The highest BCUT2D eigenvalue weighted by atomic mass is 16.6. The summed E-state index contributed by atoms with van der Waals surface area (Å²) in [4.78, 5) is 22.1. The second kappa shape index (κ2) is 4.09. The van der Waals surface area contributed by atoms with Gasteiger partial charge in [-0.25, -0.2) is 0 Å². The summed E-state index contributed by atoms with van der Waals surface area (Å²) in [5.74, 6) is -0.397. The van der Waals surface area contributed by atoms with Gasteiger partial charge in [0.25, 0.3) is 5.56 Å². The maximum absolute atomic E-state index is 11.4. The molecule has 4 nitrogen and oxygen atoms in total. The van der Waals surface area contributed by atoms with E-state index >= 15 is 0 Å². The number of carbonyl (C=O) groups excluding carboxylic acids is 1. The Morgan fingerprint density at radius 2 is 2.14 bits per heavy atom. The van der Waals surface area contributed by atoms with Crippen molar-refractivity contribution in [2.24, 2.45) is 0 Å². The monoisotopic (exact) mass is 195 g/mol. The topological polar surface area (TPSA) is 48.3 Å². The van der Waals surface area contributed by atoms with Crippen LogP contribution in [0.5, 0.6) is 0 Å². The van der Waals surface area contributed by atoms with E-state index in [1.165, 1.54) is 17.6 Å². The molecule has 0 aromatic carbocycles. The van der Waals surface area contributed by atoms with Crippen LogP contribution in [-0.2, 0) is 9.53 Å². The molecule has 0 aliphatic heterocycles. The molecule has 0 aliphatic carbocycles. The lowest BCUT2D eigenvalue weighted by molar-refractivity contribution is -0.149. The third-order valence-electron chi connectivity index (χ3n) is 1.81. The number of esters is 1. The van der Waals surface area contributed by atoms with Gasteiger partial charge in [-0.2, -0.15) is 0 Å². The first-order valence-electron chi connectivity index (χ1n) is 4.36. The van der Waals surface area contributed by atoms with E-state index in [2.05, 4.69) is 0 Å².